The van der Waals surface area contributed by atoms with E-state index in [-0.39, 0.29) is 6.03 Å². The van der Waals surface area contributed by atoms with Crippen molar-refractivity contribution in [3.63, 3.8) is 0 Å². The molecule has 7 nitrogen and oxygen atoms in total. The molecule has 3 rings (SSSR count). The number of carbonyl (C=O) groups excluding carboxylic acids is 1. The van der Waals surface area contributed by atoms with Crippen molar-refractivity contribution < 1.29 is 19.0 Å². The topological polar surface area (TPSA) is 63.3 Å². The monoisotopic (exact) mass is 413 g/mol. The number of carbonyl (C=O) groups is 1. The van der Waals surface area contributed by atoms with E-state index in [0.29, 0.717) is 24.5 Å². The molecule has 7 heteroatoms. The van der Waals surface area contributed by atoms with E-state index in [4.69, 9.17) is 14.2 Å². The first-order valence-electron chi connectivity index (χ1n) is 10.3. The van der Waals surface area contributed by atoms with E-state index in [9.17, 15) is 4.79 Å². The minimum Gasteiger partial charge on any atom is -0.497 e. The summed E-state index contributed by atoms with van der Waals surface area (Å²) in [6, 6.07) is 15.1. The molecule has 1 aliphatic rings. The van der Waals surface area contributed by atoms with Gasteiger partial charge in [0.2, 0.25) is 0 Å². The van der Waals surface area contributed by atoms with Gasteiger partial charge in [0, 0.05) is 44.5 Å². The zero-order valence-corrected chi connectivity index (χ0v) is 17.8. The van der Waals surface area contributed by atoms with Gasteiger partial charge >= 0.3 is 6.03 Å². The number of rotatable bonds is 9. The molecule has 0 unspecified atom stereocenters. The van der Waals surface area contributed by atoms with Gasteiger partial charge in [-0.2, -0.15) is 0 Å². The van der Waals surface area contributed by atoms with E-state index in [1.54, 1.807) is 14.2 Å². The molecular formula is C23H31N3O4. The first-order valence-corrected chi connectivity index (χ1v) is 10.3. The molecule has 30 heavy (non-hydrogen) atoms. The number of methoxy groups -OCH3 is 2. The van der Waals surface area contributed by atoms with Crippen LogP contribution in [0.25, 0.3) is 0 Å². The van der Waals surface area contributed by atoms with E-state index in [1.807, 2.05) is 53.4 Å². The highest BCUT2D eigenvalue weighted by molar-refractivity contribution is 5.89. The van der Waals surface area contributed by atoms with Gasteiger partial charge in [0.15, 0.2) is 0 Å². The normalized spacial score (nSPS) is 14.2. The van der Waals surface area contributed by atoms with Crippen molar-refractivity contribution in [2.24, 2.45) is 0 Å². The summed E-state index contributed by atoms with van der Waals surface area (Å²) in [6.07, 6.45) is 0.904. The minimum absolute atomic E-state index is 0.124. The number of morpholine rings is 1. The first-order chi connectivity index (χ1) is 14.7. The molecule has 0 spiro atoms. The third-order valence-electron chi connectivity index (χ3n) is 5.15. The number of nitrogens with zero attached hydrogens (tertiary/aromatic N) is 2. The van der Waals surface area contributed by atoms with Crippen LogP contribution in [0.3, 0.4) is 0 Å². The number of amides is 2. The highest BCUT2D eigenvalue weighted by atomic mass is 16.5. The fourth-order valence-corrected chi connectivity index (χ4v) is 3.42. The Kier molecular flexibility index (Phi) is 8.35. The number of nitrogens with one attached hydrogen (secondary N) is 1. The fraction of sp³-hybridized carbons (Fsp3) is 0.435. The molecular weight excluding hydrogens is 382 g/mol. The lowest BCUT2D eigenvalue weighted by atomic mass is 10.2. The molecule has 1 N–H and O–H groups in total. The van der Waals surface area contributed by atoms with Crippen LogP contribution in [0, 0.1) is 0 Å². The molecule has 2 aromatic rings. The van der Waals surface area contributed by atoms with E-state index >= 15 is 0 Å². The number of hydrogen-bond donors (Lipinski definition) is 1. The number of anilines is 1. The molecule has 1 saturated heterocycles. The van der Waals surface area contributed by atoms with Gasteiger partial charge in [-0.05, 0) is 36.2 Å². The molecule has 162 valence electrons. The van der Waals surface area contributed by atoms with Gasteiger partial charge in [0.05, 0.1) is 27.4 Å². The maximum atomic E-state index is 13.0. The van der Waals surface area contributed by atoms with Crippen molar-refractivity contribution in [3.8, 4) is 11.5 Å². The maximum Gasteiger partial charge on any atom is 0.322 e. The highest BCUT2D eigenvalue weighted by Gasteiger charge is 2.16. The van der Waals surface area contributed by atoms with Crippen molar-refractivity contribution in [2.45, 2.75) is 13.0 Å². The molecule has 0 bridgehead atoms. The standard InChI is InChI=1S/C23H31N3O4/c1-28-21-9-7-19(8-10-21)18-26(12-4-11-25-13-15-30-16-14-25)23(27)24-20-5-3-6-22(17-20)29-2/h3,5-10,17H,4,11-16,18H2,1-2H3,(H,24,27). The lowest BCUT2D eigenvalue weighted by Gasteiger charge is -2.28. The summed E-state index contributed by atoms with van der Waals surface area (Å²) in [5.41, 5.74) is 1.77. The predicted octanol–water partition coefficient (Wildman–Crippen LogP) is 3.46. The molecule has 2 aromatic carbocycles. The molecule has 1 heterocycles. The average Bonchev–Trinajstić information content (AvgIpc) is 2.79. The van der Waals surface area contributed by atoms with Crippen LogP contribution in [0.4, 0.5) is 10.5 Å². The largest absolute Gasteiger partial charge is 0.497 e. The smallest absolute Gasteiger partial charge is 0.322 e. The van der Waals surface area contributed by atoms with Crippen LogP contribution in [0.5, 0.6) is 11.5 Å². The van der Waals surface area contributed by atoms with E-state index < -0.39 is 0 Å². The number of hydrogen-bond acceptors (Lipinski definition) is 5. The molecule has 0 aromatic heterocycles. The minimum atomic E-state index is -0.124. The second-order valence-corrected chi connectivity index (χ2v) is 7.24. The highest BCUT2D eigenvalue weighted by Crippen LogP contribution is 2.18. The summed E-state index contributed by atoms with van der Waals surface area (Å²) in [4.78, 5) is 17.3. The summed E-state index contributed by atoms with van der Waals surface area (Å²) in [6.45, 7) is 5.62. The van der Waals surface area contributed by atoms with Crippen LogP contribution in [0.15, 0.2) is 48.5 Å². The molecule has 1 aliphatic heterocycles. The van der Waals surface area contributed by atoms with Crippen molar-refractivity contribution in [3.05, 3.63) is 54.1 Å². The second-order valence-electron chi connectivity index (χ2n) is 7.24. The SMILES string of the molecule is COc1ccc(CN(CCCN2CCOCC2)C(=O)Nc2cccc(OC)c2)cc1. The van der Waals surface area contributed by atoms with Gasteiger partial charge in [-0.15, -0.1) is 0 Å². The van der Waals surface area contributed by atoms with Crippen molar-refractivity contribution >= 4 is 11.7 Å². The first kappa shape index (κ1) is 21.9. The molecule has 0 aliphatic carbocycles. The summed E-state index contributed by atoms with van der Waals surface area (Å²) < 4.78 is 15.9. The fourth-order valence-electron chi connectivity index (χ4n) is 3.42. The van der Waals surface area contributed by atoms with Crippen LogP contribution in [0.2, 0.25) is 0 Å². The number of urea groups is 1. The summed E-state index contributed by atoms with van der Waals surface area (Å²) >= 11 is 0. The Labute approximate surface area is 178 Å². The average molecular weight is 414 g/mol. The van der Waals surface area contributed by atoms with Gasteiger partial charge < -0.3 is 24.4 Å². The Bertz CT molecular complexity index is 791. The van der Waals surface area contributed by atoms with Gasteiger partial charge in [0.25, 0.3) is 0 Å². The van der Waals surface area contributed by atoms with E-state index in [1.165, 1.54) is 0 Å². The van der Waals surface area contributed by atoms with E-state index in [2.05, 4.69) is 10.2 Å². The van der Waals surface area contributed by atoms with Crippen LogP contribution < -0.4 is 14.8 Å². The van der Waals surface area contributed by atoms with Crippen LogP contribution in [-0.4, -0.2) is 69.4 Å². The summed E-state index contributed by atoms with van der Waals surface area (Å²) in [5, 5.41) is 3.00. The van der Waals surface area contributed by atoms with Gasteiger partial charge in [-0.3, -0.25) is 4.90 Å². The number of benzene rings is 2. The van der Waals surface area contributed by atoms with Gasteiger partial charge in [0.1, 0.15) is 11.5 Å². The summed E-state index contributed by atoms with van der Waals surface area (Å²) in [5.74, 6) is 1.51. The molecule has 2 amide bonds. The van der Waals surface area contributed by atoms with E-state index in [0.717, 1.165) is 50.6 Å². The molecule has 0 atom stereocenters. The Balaban J connectivity index is 1.63. The third kappa shape index (κ3) is 6.64. The van der Waals surface area contributed by atoms with Crippen LogP contribution in [-0.2, 0) is 11.3 Å². The number of ether oxygens (including phenoxy) is 3. The Hall–Kier alpha value is -2.77. The van der Waals surface area contributed by atoms with Gasteiger partial charge in [-0.25, -0.2) is 4.79 Å². The Morgan fingerprint density at radius 3 is 2.50 bits per heavy atom. The van der Waals surface area contributed by atoms with Crippen LogP contribution >= 0.6 is 0 Å². The Morgan fingerprint density at radius 2 is 1.80 bits per heavy atom. The zero-order valence-electron chi connectivity index (χ0n) is 17.8. The Morgan fingerprint density at radius 1 is 1.07 bits per heavy atom. The molecule has 0 radical (unpaired) electrons. The second kappa shape index (κ2) is 11.4. The quantitative estimate of drug-likeness (QED) is 0.682. The van der Waals surface area contributed by atoms with Crippen molar-refractivity contribution in [1.82, 2.24) is 9.80 Å². The summed E-state index contributed by atoms with van der Waals surface area (Å²) in [7, 11) is 3.26. The predicted molar refractivity (Wildman–Crippen MR) is 117 cm³/mol. The van der Waals surface area contributed by atoms with Crippen LogP contribution in [0.1, 0.15) is 12.0 Å². The van der Waals surface area contributed by atoms with Crippen molar-refractivity contribution in [2.75, 3.05) is 58.9 Å². The zero-order chi connectivity index (χ0) is 21.2. The molecule has 1 fully saturated rings. The third-order valence-corrected chi connectivity index (χ3v) is 5.15. The maximum absolute atomic E-state index is 13.0. The lowest BCUT2D eigenvalue weighted by Crippen LogP contribution is -2.40. The van der Waals surface area contributed by atoms with Gasteiger partial charge in [-0.1, -0.05) is 18.2 Å². The molecule has 0 saturated carbocycles. The van der Waals surface area contributed by atoms with Crippen molar-refractivity contribution in [1.29, 1.82) is 0 Å². The lowest BCUT2D eigenvalue weighted by molar-refractivity contribution is 0.0365.